The van der Waals surface area contributed by atoms with Gasteiger partial charge in [0.15, 0.2) is 0 Å². The first kappa shape index (κ1) is 29.8. The smallest absolute Gasteiger partial charge is 0.306 e. The topological polar surface area (TPSA) is 99.5 Å². The Bertz CT molecular complexity index is 1410. The number of piperidine rings is 1. The quantitative estimate of drug-likeness (QED) is 0.314. The van der Waals surface area contributed by atoms with Gasteiger partial charge in [-0.2, -0.15) is 5.26 Å². The van der Waals surface area contributed by atoms with E-state index in [9.17, 15) is 14.4 Å². The molecule has 8 heteroatoms. The molecule has 3 aromatic rings. The SMILES string of the molecule is CC(C)(C(=O)N1CCC(CC(=O)OCc2ccccc2)CC1)C(NC(=O)c1ccc(C#N)cc1Cl)c1ccccc1. The van der Waals surface area contributed by atoms with E-state index in [2.05, 4.69) is 5.32 Å². The summed E-state index contributed by atoms with van der Waals surface area (Å²) in [6.07, 6.45) is 1.73. The fraction of sp³-hybridized carbons (Fsp3) is 0.333. The number of halogens is 1. The maximum atomic E-state index is 13.9. The van der Waals surface area contributed by atoms with Gasteiger partial charge in [0.25, 0.3) is 5.91 Å². The van der Waals surface area contributed by atoms with Crippen LogP contribution in [0.4, 0.5) is 0 Å². The number of carbonyl (C=O) groups is 3. The molecule has 41 heavy (non-hydrogen) atoms. The summed E-state index contributed by atoms with van der Waals surface area (Å²) in [6.45, 7) is 4.97. The molecule has 7 nitrogen and oxygen atoms in total. The van der Waals surface area contributed by atoms with Gasteiger partial charge < -0.3 is 15.0 Å². The molecule has 1 atom stereocenters. The molecule has 0 saturated carbocycles. The second kappa shape index (κ2) is 13.5. The zero-order valence-corrected chi connectivity index (χ0v) is 24.1. The van der Waals surface area contributed by atoms with Gasteiger partial charge in [0.2, 0.25) is 5.91 Å². The molecule has 3 aromatic carbocycles. The van der Waals surface area contributed by atoms with Crippen molar-refractivity contribution in [3.8, 4) is 6.07 Å². The van der Waals surface area contributed by atoms with Crippen LogP contribution < -0.4 is 5.32 Å². The largest absolute Gasteiger partial charge is 0.461 e. The summed E-state index contributed by atoms with van der Waals surface area (Å²) in [4.78, 5) is 41.5. The highest BCUT2D eigenvalue weighted by atomic mass is 35.5. The Labute approximate surface area is 246 Å². The van der Waals surface area contributed by atoms with Gasteiger partial charge in [-0.25, -0.2) is 0 Å². The molecule has 0 bridgehead atoms. The first-order valence-corrected chi connectivity index (χ1v) is 14.1. The lowest BCUT2D eigenvalue weighted by atomic mass is 9.78. The van der Waals surface area contributed by atoms with Gasteiger partial charge in [-0.15, -0.1) is 0 Å². The van der Waals surface area contributed by atoms with Crippen LogP contribution in [0.15, 0.2) is 78.9 Å². The highest BCUT2D eigenvalue weighted by Gasteiger charge is 2.42. The molecule has 212 valence electrons. The third kappa shape index (κ3) is 7.53. The summed E-state index contributed by atoms with van der Waals surface area (Å²) in [7, 11) is 0. The first-order chi connectivity index (χ1) is 19.7. The molecule has 1 unspecified atom stereocenters. The van der Waals surface area contributed by atoms with E-state index in [1.54, 1.807) is 0 Å². The van der Waals surface area contributed by atoms with Crippen LogP contribution in [0.2, 0.25) is 5.02 Å². The van der Waals surface area contributed by atoms with Crippen molar-refractivity contribution in [2.45, 2.75) is 45.8 Å². The summed E-state index contributed by atoms with van der Waals surface area (Å²) in [5, 5.41) is 12.3. The number of esters is 1. The van der Waals surface area contributed by atoms with Gasteiger partial charge in [0.1, 0.15) is 6.61 Å². The van der Waals surface area contributed by atoms with Crippen LogP contribution in [0.25, 0.3) is 0 Å². The lowest BCUT2D eigenvalue weighted by Gasteiger charge is -2.40. The maximum Gasteiger partial charge on any atom is 0.306 e. The molecule has 1 fully saturated rings. The number of hydrogen-bond acceptors (Lipinski definition) is 5. The Hall–Kier alpha value is -4.15. The van der Waals surface area contributed by atoms with Gasteiger partial charge >= 0.3 is 5.97 Å². The van der Waals surface area contributed by atoms with E-state index < -0.39 is 17.4 Å². The average Bonchev–Trinajstić information content (AvgIpc) is 2.99. The maximum absolute atomic E-state index is 13.9. The van der Waals surface area contributed by atoms with Crippen molar-refractivity contribution in [2.75, 3.05) is 13.1 Å². The second-order valence-corrected chi connectivity index (χ2v) is 11.3. The number of nitriles is 1. The fourth-order valence-electron chi connectivity index (χ4n) is 5.21. The van der Waals surface area contributed by atoms with Crippen molar-refractivity contribution < 1.29 is 19.1 Å². The average molecular weight is 572 g/mol. The molecule has 2 amide bonds. The summed E-state index contributed by atoms with van der Waals surface area (Å²) in [6, 6.07) is 24.8. The van der Waals surface area contributed by atoms with Crippen LogP contribution in [0.3, 0.4) is 0 Å². The Kier molecular flexibility index (Phi) is 9.80. The number of nitrogens with one attached hydrogen (secondary N) is 1. The van der Waals surface area contributed by atoms with Crippen molar-refractivity contribution in [3.05, 3.63) is 106 Å². The van der Waals surface area contributed by atoms with Crippen LogP contribution in [-0.2, 0) is 20.9 Å². The number of carbonyl (C=O) groups excluding carboxylic acids is 3. The summed E-state index contributed by atoms with van der Waals surface area (Å²) in [5.41, 5.74) is 1.34. The molecule has 1 aliphatic heterocycles. The summed E-state index contributed by atoms with van der Waals surface area (Å²) >= 11 is 6.31. The van der Waals surface area contributed by atoms with E-state index in [-0.39, 0.29) is 35.0 Å². The van der Waals surface area contributed by atoms with E-state index in [4.69, 9.17) is 21.6 Å². The minimum atomic E-state index is -0.989. The Morgan fingerprint density at radius 3 is 2.27 bits per heavy atom. The van der Waals surface area contributed by atoms with E-state index in [0.717, 1.165) is 11.1 Å². The monoisotopic (exact) mass is 571 g/mol. The standard InChI is InChI=1S/C33H34ClN3O4/c1-33(2,30(26-11-7-4-8-12-26)36-31(39)27-14-13-25(21-35)19-28(27)34)32(40)37-17-15-23(16-18-37)20-29(38)41-22-24-9-5-3-6-10-24/h3-14,19,23,30H,15-18,20,22H2,1-2H3,(H,36,39). The number of nitrogens with zero attached hydrogens (tertiary/aromatic N) is 2. The zero-order chi connectivity index (χ0) is 29.4. The molecule has 0 spiro atoms. The van der Waals surface area contributed by atoms with Gasteiger partial charge in [-0.1, -0.05) is 72.3 Å². The molecule has 1 saturated heterocycles. The van der Waals surface area contributed by atoms with Crippen molar-refractivity contribution in [3.63, 3.8) is 0 Å². The molecule has 1 heterocycles. The van der Waals surface area contributed by atoms with Crippen LogP contribution in [0.5, 0.6) is 0 Å². The lowest BCUT2D eigenvalue weighted by molar-refractivity contribution is -0.147. The summed E-state index contributed by atoms with van der Waals surface area (Å²) < 4.78 is 5.45. The third-order valence-electron chi connectivity index (χ3n) is 7.62. The highest BCUT2D eigenvalue weighted by Crippen LogP contribution is 2.37. The number of likely N-dealkylation sites (tertiary alicyclic amines) is 1. The van der Waals surface area contributed by atoms with Crippen LogP contribution in [0, 0.1) is 22.7 Å². The summed E-state index contributed by atoms with van der Waals surface area (Å²) in [5.74, 6) is -0.592. The predicted octanol–water partition coefficient (Wildman–Crippen LogP) is 6.08. The number of benzene rings is 3. The van der Waals surface area contributed by atoms with Crippen molar-refractivity contribution in [1.29, 1.82) is 5.26 Å². The fourth-order valence-corrected chi connectivity index (χ4v) is 5.47. The zero-order valence-electron chi connectivity index (χ0n) is 23.3. The molecule has 4 rings (SSSR count). The van der Waals surface area contributed by atoms with Crippen molar-refractivity contribution in [1.82, 2.24) is 10.2 Å². The normalized spacial score (nSPS) is 14.5. The highest BCUT2D eigenvalue weighted by molar-refractivity contribution is 6.34. The van der Waals surface area contributed by atoms with E-state index in [1.807, 2.05) is 85.5 Å². The molecule has 1 aliphatic rings. The van der Waals surface area contributed by atoms with Crippen LogP contribution in [0.1, 0.15) is 66.2 Å². The number of rotatable bonds is 9. The van der Waals surface area contributed by atoms with Gasteiger partial charge in [-0.05, 0) is 61.9 Å². The van der Waals surface area contributed by atoms with Crippen molar-refractivity contribution >= 4 is 29.4 Å². The Morgan fingerprint density at radius 1 is 1.02 bits per heavy atom. The predicted molar refractivity (Wildman–Crippen MR) is 157 cm³/mol. The molecule has 0 aromatic heterocycles. The first-order valence-electron chi connectivity index (χ1n) is 13.7. The molecular formula is C33H34ClN3O4. The van der Waals surface area contributed by atoms with Crippen molar-refractivity contribution in [2.24, 2.45) is 11.3 Å². The number of hydrogen-bond donors (Lipinski definition) is 1. The molecule has 1 N–H and O–H groups in total. The van der Waals surface area contributed by atoms with Gasteiger partial charge in [0.05, 0.1) is 33.7 Å². The number of amides is 2. The molecular weight excluding hydrogens is 538 g/mol. The Morgan fingerprint density at radius 2 is 1.66 bits per heavy atom. The molecule has 0 radical (unpaired) electrons. The van der Waals surface area contributed by atoms with Gasteiger partial charge in [-0.3, -0.25) is 14.4 Å². The van der Waals surface area contributed by atoms with Crippen LogP contribution >= 0.6 is 11.6 Å². The second-order valence-electron chi connectivity index (χ2n) is 10.9. The Balaban J connectivity index is 1.40. The van der Waals surface area contributed by atoms with Gasteiger partial charge in [0, 0.05) is 19.5 Å². The van der Waals surface area contributed by atoms with E-state index in [0.29, 0.717) is 37.9 Å². The lowest BCUT2D eigenvalue weighted by Crippen LogP contribution is -2.51. The van der Waals surface area contributed by atoms with Crippen LogP contribution in [-0.4, -0.2) is 35.8 Å². The minimum Gasteiger partial charge on any atom is -0.461 e. The van der Waals surface area contributed by atoms with E-state index >= 15 is 0 Å². The molecule has 0 aliphatic carbocycles. The van der Waals surface area contributed by atoms with E-state index in [1.165, 1.54) is 18.2 Å². The minimum absolute atomic E-state index is 0.0808. The number of ether oxygens (including phenoxy) is 1. The third-order valence-corrected chi connectivity index (χ3v) is 7.94.